The van der Waals surface area contributed by atoms with Crippen molar-refractivity contribution in [2.75, 3.05) is 63.2 Å². The molecule has 11 rings (SSSR count). The number of fused-ring (bicyclic) bond motifs is 2. The molecule has 2 saturated heterocycles. The van der Waals surface area contributed by atoms with Gasteiger partial charge in [-0.1, -0.05) is 44.2 Å². The van der Waals surface area contributed by atoms with E-state index in [1.807, 2.05) is 19.1 Å². The maximum atomic E-state index is 14.1. The number of hydrogen-bond donors (Lipinski definition) is 4. The summed E-state index contributed by atoms with van der Waals surface area (Å²) in [5, 5.41) is 26.5. The standard InChI is InChI=1S/C58H68N8O9S/c1-37(2)46-9-5-6-10-47(46)51-34-63(33-39-24-40-8-7-23-74-54(40)53(25-39)73-4)21-22-65(51)43-29-58(30-43)35-64(36-58)42-11-13-48(52(27-42)75-44-26-41-17-20-59-55(41)61-32-44)56(67)62-76(71,72)45-12-14-49(50(28-45)66(69)70)60-31-38-15-18-57(3,68)19-16-38/h5-6,9-14,17,20,24-28,32,37-38,43,51,60,68H,7-8,15-16,18-19,21-23,29-31,33-36H2,1-4H3,(H,59,61)(H,62,67)/t38?,51-,57?/m0/s1. The Labute approximate surface area is 444 Å². The van der Waals surface area contributed by atoms with Crippen LogP contribution in [0.5, 0.6) is 23.0 Å². The number of sulfonamides is 1. The van der Waals surface area contributed by atoms with Crippen molar-refractivity contribution >= 4 is 44.0 Å². The molecular weight excluding hydrogens is 985 g/mol. The van der Waals surface area contributed by atoms with E-state index in [2.05, 4.69) is 85.0 Å². The second-order valence-corrected chi connectivity index (χ2v) is 24.2. The Hall–Kier alpha value is -6.73. The lowest BCUT2D eigenvalue weighted by Crippen LogP contribution is -2.68. The van der Waals surface area contributed by atoms with Gasteiger partial charge < -0.3 is 34.5 Å². The van der Waals surface area contributed by atoms with Crippen LogP contribution in [0.25, 0.3) is 11.0 Å². The summed E-state index contributed by atoms with van der Waals surface area (Å²) < 4.78 is 48.1. The van der Waals surface area contributed by atoms with E-state index in [-0.39, 0.29) is 34.4 Å². The molecule has 0 radical (unpaired) electrons. The van der Waals surface area contributed by atoms with Crippen LogP contribution in [0.1, 0.15) is 110 Å². The molecule has 18 heteroatoms. The second-order valence-electron chi connectivity index (χ2n) is 22.5. The minimum absolute atomic E-state index is 0.0358. The SMILES string of the molecule is COc1cc(CN2CCN(C3CC4(C3)CN(c3ccc(C(=O)NS(=O)(=O)c5ccc(NCC6CCC(C)(O)CC6)c([N+](=O)[O-])c5)c(Oc5cnc6[nH]ccc6c5)c3)C4)[C@H](c3ccccc3C(C)C)C2)cc2c1OCCC2. The van der Waals surface area contributed by atoms with Crippen LogP contribution in [-0.2, 0) is 23.0 Å². The maximum absolute atomic E-state index is 14.1. The Bertz CT molecular complexity index is 3250. The van der Waals surface area contributed by atoms with E-state index in [1.165, 1.54) is 40.6 Å². The molecule has 1 atom stereocenters. The van der Waals surface area contributed by atoms with Crippen LogP contribution in [0.3, 0.4) is 0 Å². The van der Waals surface area contributed by atoms with Crippen LogP contribution in [0.2, 0.25) is 0 Å². The van der Waals surface area contributed by atoms with Crippen molar-refractivity contribution < 1.29 is 37.5 Å². The van der Waals surface area contributed by atoms with Gasteiger partial charge in [0.1, 0.15) is 22.8 Å². The molecule has 6 aromatic rings. The van der Waals surface area contributed by atoms with E-state index < -0.39 is 37.0 Å². The van der Waals surface area contributed by atoms with Gasteiger partial charge in [0.05, 0.1) is 40.9 Å². The number of nitro groups is 1. The molecular formula is C58H68N8O9S. The third-order valence-electron chi connectivity index (χ3n) is 16.6. The number of methoxy groups -OCH3 is 1. The number of pyridine rings is 1. The number of amides is 1. The molecule has 5 aliphatic rings. The fourth-order valence-electron chi connectivity index (χ4n) is 12.5. The first kappa shape index (κ1) is 51.4. The Morgan fingerprint density at radius 3 is 2.59 bits per heavy atom. The number of anilines is 2. The number of aryl methyl sites for hydroxylation is 1. The van der Waals surface area contributed by atoms with Crippen LogP contribution < -0.4 is 29.1 Å². The van der Waals surface area contributed by atoms with Gasteiger partial charge in [0.15, 0.2) is 11.5 Å². The third kappa shape index (κ3) is 10.6. The summed E-state index contributed by atoms with van der Waals surface area (Å²) in [6, 6.07) is 26.4. The molecule has 0 bridgehead atoms. The summed E-state index contributed by atoms with van der Waals surface area (Å²) in [6.45, 7) is 12.8. The smallest absolute Gasteiger partial charge is 0.293 e. The zero-order valence-corrected chi connectivity index (χ0v) is 44.5. The highest BCUT2D eigenvalue weighted by Crippen LogP contribution is 2.54. The Balaban J connectivity index is 0.789. The van der Waals surface area contributed by atoms with Gasteiger partial charge in [-0.2, -0.15) is 0 Å². The number of rotatable bonds is 16. The van der Waals surface area contributed by atoms with E-state index in [1.54, 1.807) is 31.5 Å². The lowest BCUT2D eigenvalue weighted by molar-refractivity contribution is -0.384. The highest BCUT2D eigenvalue weighted by molar-refractivity contribution is 7.90. The number of carbonyl (C=O) groups is 1. The van der Waals surface area contributed by atoms with Crippen molar-refractivity contribution in [3.63, 3.8) is 0 Å². The molecule has 5 heterocycles. The molecule has 1 spiro atoms. The van der Waals surface area contributed by atoms with Crippen molar-refractivity contribution in [1.29, 1.82) is 0 Å². The molecule has 1 amide bonds. The lowest BCUT2D eigenvalue weighted by Gasteiger charge is -2.63. The van der Waals surface area contributed by atoms with E-state index in [4.69, 9.17) is 14.2 Å². The van der Waals surface area contributed by atoms with Gasteiger partial charge in [-0.15, -0.1) is 0 Å². The summed E-state index contributed by atoms with van der Waals surface area (Å²) >= 11 is 0. The summed E-state index contributed by atoms with van der Waals surface area (Å²) in [4.78, 5) is 40.5. The van der Waals surface area contributed by atoms with Crippen LogP contribution in [-0.4, -0.2) is 109 Å². The average molecular weight is 1050 g/mol. The summed E-state index contributed by atoms with van der Waals surface area (Å²) in [5.74, 6) is 1.82. The van der Waals surface area contributed by atoms with Crippen LogP contribution in [0.15, 0.2) is 102 Å². The zero-order chi connectivity index (χ0) is 52.9. The number of piperazine rings is 1. The predicted molar refractivity (Wildman–Crippen MR) is 291 cm³/mol. The van der Waals surface area contributed by atoms with Gasteiger partial charge in [0.2, 0.25) is 0 Å². The van der Waals surface area contributed by atoms with Crippen molar-refractivity contribution in [2.24, 2.45) is 11.3 Å². The van der Waals surface area contributed by atoms with E-state index >= 15 is 0 Å². The Morgan fingerprint density at radius 1 is 1.01 bits per heavy atom. The fraction of sp³-hybridized carbons (Fsp3) is 0.448. The largest absolute Gasteiger partial charge is 0.493 e. The maximum Gasteiger partial charge on any atom is 0.293 e. The first-order valence-electron chi connectivity index (χ1n) is 26.7. The van der Waals surface area contributed by atoms with Gasteiger partial charge >= 0.3 is 0 Å². The molecule has 3 aliphatic heterocycles. The summed E-state index contributed by atoms with van der Waals surface area (Å²) in [7, 11) is -2.87. The molecule has 17 nitrogen and oxygen atoms in total. The van der Waals surface area contributed by atoms with Crippen molar-refractivity contribution in [3.8, 4) is 23.0 Å². The topological polar surface area (TPSA) is 205 Å². The highest BCUT2D eigenvalue weighted by Gasteiger charge is 2.55. The predicted octanol–water partition coefficient (Wildman–Crippen LogP) is 9.72. The zero-order valence-electron chi connectivity index (χ0n) is 43.7. The number of nitrogens with one attached hydrogen (secondary N) is 3. The van der Waals surface area contributed by atoms with Crippen molar-refractivity contribution in [1.82, 2.24) is 24.5 Å². The van der Waals surface area contributed by atoms with Crippen molar-refractivity contribution in [3.05, 3.63) is 135 Å². The third-order valence-corrected chi connectivity index (χ3v) is 18.0. The highest BCUT2D eigenvalue weighted by atomic mass is 32.2. The Kier molecular flexibility index (Phi) is 14.0. The van der Waals surface area contributed by atoms with Crippen LogP contribution >= 0.6 is 0 Å². The molecule has 4 aromatic carbocycles. The average Bonchev–Trinajstić information content (AvgIpc) is 3.87. The first-order chi connectivity index (χ1) is 36.5. The van der Waals surface area contributed by atoms with Gasteiger partial charge in [0, 0.05) is 92.7 Å². The summed E-state index contributed by atoms with van der Waals surface area (Å²) in [6.07, 6.45) is 10.2. The molecule has 400 valence electrons. The molecule has 4 N–H and O–H groups in total. The molecule has 76 heavy (non-hydrogen) atoms. The number of hydrogen-bond acceptors (Lipinski definition) is 14. The lowest BCUT2D eigenvalue weighted by atomic mass is 9.59. The number of benzene rings is 4. The molecule has 2 aromatic heterocycles. The van der Waals surface area contributed by atoms with Gasteiger partial charge in [0.25, 0.3) is 21.6 Å². The summed E-state index contributed by atoms with van der Waals surface area (Å²) in [5.41, 5.74) is 5.88. The van der Waals surface area contributed by atoms with E-state index in [9.17, 15) is 28.4 Å². The van der Waals surface area contributed by atoms with Gasteiger partial charge in [-0.25, -0.2) is 18.1 Å². The van der Waals surface area contributed by atoms with E-state index in [0.717, 1.165) is 113 Å². The monoisotopic (exact) mass is 1050 g/mol. The molecule has 2 aliphatic carbocycles. The molecule has 0 unspecified atom stereocenters. The minimum atomic E-state index is -4.59. The quantitative estimate of drug-likeness (QED) is 0.0527. The number of nitro benzene ring substituents is 1. The number of aliphatic hydroxyl groups is 1. The van der Waals surface area contributed by atoms with E-state index in [0.29, 0.717) is 42.7 Å². The fourth-order valence-corrected chi connectivity index (χ4v) is 13.5. The van der Waals surface area contributed by atoms with Gasteiger partial charge in [-0.3, -0.25) is 24.7 Å². The number of nitrogens with zero attached hydrogens (tertiary/aromatic N) is 5. The van der Waals surface area contributed by atoms with Crippen LogP contribution in [0, 0.1) is 21.4 Å². The minimum Gasteiger partial charge on any atom is -0.493 e. The molecule has 4 fully saturated rings. The Morgan fingerprint density at radius 2 is 1.82 bits per heavy atom. The number of H-pyrrole nitrogens is 1. The molecule has 2 saturated carbocycles. The first-order valence-corrected chi connectivity index (χ1v) is 28.2. The second kappa shape index (κ2) is 20.7. The number of ether oxygens (including phenoxy) is 3. The number of aromatic nitrogens is 2. The van der Waals surface area contributed by atoms with Crippen molar-refractivity contribution in [2.45, 2.75) is 107 Å². The number of aromatic amines is 1. The van der Waals surface area contributed by atoms with Gasteiger partial charge in [-0.05, 0) is 135 Å². The normalized spacial score (nSPS) is 21.8. The number of carbonyl (C=O) groups excluding carboxylic acids is 1. The van der Waals surface area contributed by atoms with Crippen LogP contribution in [0.4, 0.5) is 17.1 Å².